The molecule has 130 valence electrons. The molecule has 4 rings (SSSR count). The molecule has 4 heteroatoms. The minimum atomic E-state index is 0.526. The van der Waals surface area contributed by atoms with Gasteiger partial charge in [-0.2, -0.15) is 0 Å². The number of benzene rings is 2. The largest absolute Gasteiger partial charge is 0.490 e. The molecular formula is C22H19NO2S. The molecule has 0 N–H and O–H groups in total. The normalized spacial score (nSPS) is 13.8. The van der Waals surface area contributed by atoms with Crippen molar-refractivity contribution in [3.8, 4) is 16.9 Å². The third-order valence-corrected chi connectivity index (χ3v) is 5.31. The second-order valence-electron chi connectivity index (χ2n) is 6.02. The fourth-order valence-electron chi connectivity index (χ4n) is 3.19. The highest BCUT2D eigenvalue weighted by atomic mass is 32.1. The van der Waals surface area contributed by atoms with Gasteiger partial charge in [0.25, 0.3) is 0 Å². The average molecular weight is 361 g/mol. The van der Waals surface area contributed by atoms with Gasteiger partial charge in [0.15, 0.2) is 0 Å². The van der Waals surface area contributed by atoms with Crippen LogP contribution in [0.4, 0.5) is 0 Å². The van der Waals surface area contributed by atoms with E-state index in [1.807, 2.05) is 30.3 Å². The molecule has 2 aromatic carbocycles. The lowest BCUT2D eigenvalue weighted by Gasteiger charge is -2.06. The van der Waals surface area contributed by atoms with Gasteiger partial charge in [0.1, 0.15) is 25.2 Å². The van der Waals surface area contributed by atoms with Crippen LogP contribution in [0.15, 0.2) is 65.1 Å². The van der Waals surface area contributed by atoms with Gasteiger partial charge in [-0.3, -0.25) is 0 Å². The summed E-state index contributed by atoms with van der Waals surface area (Å²) in [5, 5.41) is 6.34. The quantitative estimate of drug-likeness (QED) is 0.438. The van der Waals surface area contributed by atoms with Gasteiger partial charge in [0.2, 0.25) is 0 Å². The van der Waals surface area contributed by atoms with Crippen molar-refractivity contribution in [2.75, 3.05) is 13.7 Å². The van der Waals surface area contributed by atoms with Crippen LogP contribution < -0.4 is 4.74 Å². The first-order chi connectivity index (χ1) is 12.8. The van der Waals surface area contributed by atoms with Crippen LogP contribution in [-0.2, 0) is 4.84 Å². The van der Waals surface area contributed by atoms with Crippen molar-refractivity contribution in [2.45, 2.75) is 6.92 Å². The highest BCUT2D eigenvalue weighted by Gasteiger charge is 2.25. The van der Waals surface area contributed by atoms with Gasteiger partial charge >= 0.3 is 0 Å². The molecule has 0 amide bonds. The number of fused-ring (bicyclic) bond motifs is 3. The third-order valence-electron chi connectivity index (χ3n) is 4.44. The van der Waals surface area contributed by atoms with Crippen LogP contribution >= 0.6 is 11.3 Å². The molecule has 0 unspecified atom stereocenters. The second kappa shape index (κ2) is 7.18. The maximum absolute atomic E-state index is 5.92. The Kier molecular flexibility index (Phi) is 4.59. The summed E-state index contributed by atoms with van der Waals surface area (Å²) in [6.07, 6.45) is 4.15. The van der Waals surface area contributed by atoms with E-state index in [-0.39, 0.29) is 0 Å². The first kappa shape index (κ1) is 16.6. The van der Waals surface area contributed by atoms with E-state index in [9.17, 15) is 0 Å². The first-order valence-electron chi connectivity index (χ1n) is 8.46. The lowest BCUT2D eigenvalue weighted by Crippen LogP contribution is -2.00. The molecule has 1 aliphatic rings. The summed E-state index contributed by atoms with van der Waals surface area (Å²) < 4.78 is 5.92. The Labute approximate surface area is 157 Å². The highest BCUT2D eigenvalue weighted by molar-refractivity contribution is 7.10. The van der Waals surface area contributed by atoms with E-state index < -0.39 is 0 Å². The Morgan fingerprint density at radius 3 is 2.58 bits per heavy atom. The number of oxime groups is 1. The minimum Gasteiger partial charge on any atom is -0.490 e. The number of aryl methyl sites for hydroxylation is 1. The van der Waals surface area contributed by atoms with E-state index in [2.05, 4.69) is 47.8 Å². The topological polar surface area (TPSA) is 30.8 Å². The zero-order valence-electron chi connectivity index (χ0n) is 14.7. The van der Waals surface area contributed by atoms with Crippen molar-refractivity contribution in [2.24, 2.45) is 5.16 Å². The molecule has 0 saturated heterocycles. The zero-order chi connectivity index (χ0) is 17.9. The molecule has 0 atom stereocenters. The average Bonchev–Trinajstić information content (AvgIpc) is 3.21. The van der Waals surface area contributed by atoms with Gasteiger partial charge < -0.3 is 9.57 Å². The van der Waals surface area contributed by atoms with Gasteiger partial charge in [-0.1, -0.05) is 35.5 Å². The summed E-state index contributed by atoms with van der Waals surface area (Å²) in [7, 11) is 1.57. The number of thiophene rings is 1. The van der Waals surface area contributed by atoms with E-state index in [0.29, 0.717) is 6.61 Å². The van der Waals surface area contributed by atoms with Crippen molar-refractivity contribution >= 4 is 23.1 Å². The van der Waals surface area contributed by atoms with E-state index in [0.717, 1.165) is 28.2 Å². The SMILES string of the molecule is CO/N=C1\c2ccccc2-c2ccc(OC/C=C/c3ccsc3C)cc21. The van der Waals surface area contributed by atoms with Gasteiger partial charge in [0, 0.05) is 16.0 Å². The number of nitrogens with zero attached hydrogens (tertiary/aromatic N) is 1. The summed E-state index contributed by atoms with van der Waals surface area (Å²) in [6, 6.07) is 16.5. The molecule has 0 saturated carbocycles. The molecule has 0 aliphatic heterocycles. The maximum atomic E-state index is 5.92. The van der Waals surface area contributed by atoms with Crippen molar-refractivity contribution in [1.82, 2.24) is 0 Å². The molecule has 1 aliphatic carbocycles. The summed E-state index contributed by atoms with van der Waals surface area (Å²) >= 11 is 1.75. The van der Waals surface area contributed by atoms with Crippen LogP contribution in [0.3, 0.4) is 0 Å². The van der Waals surface area contributed by atoms with Crippen LogP contribution in [0, 0.1) is 6.92 Å². The molecule has 0 spiro atoms. The van der Waals surface area contributed by atoms with Crippen LogP contribution in [0.25, 0.3) is 17.2 Å². The Morgan fingerprint density at radius 1 is 1.00 bits per heavy atom. The molecule has 26 heavy (non-hydrogen) atoms. The predicted molar refractivity (Wildman–Crippen MR) is 108 cm³/mol. The van der Waals surface area contributed by atoms with Crippen LogP contribution in [-0.4, -0.2) is 19.4 Å². The Morgan fingerprint density at radius 2 is 1.81 bits per heavy atom. The second-order valence-corrected chi connectivity index (χ2v) is 7.14. The first-order valence-corrected chi connectivity index (χ1v) is 9.34. The fourth-order valence-corrected chi connectivity index (χ4v) is 3.88. The van der Waals surface area contributed by atoms with Crippen LogP contribution in [0.2, 0.25) is 0 Å². The summed E-state index contributed by atoms with van der Waals surface area (Å²) in [5.74, 6) is 0.826. The van der Waals surface area contributed by atoms with Gasteiger partial charge in [-0.25, -0.2) is 0 Å². The van der Waals surface area contributed by atoms with Crippen molar-refractivity contribution in [3.63, 3.8) is 0 Å². The summed E-state index contributed by atoms with van der Waals surface area (Å²) in [4.78, 5) is 6.38. The van der Waals surface area contributed by atoms with Crippen LogP contribution in [0.1, 0.15) is 21.6 Å². The van der Waals surface area contributed by atoms with Gasteiger partial charge in [0.05, 0.1) is 0 Å². The van der Waals surface area contributed by atoms with Gasteiger partial charge in [-0.15, -0.1) is 11.3 Å². The van der Waals surface area contributed by atoms with E-state index in [4.69, 9.17) is 9.57 Å². The third kappa shape index (κ3) is 3.04. The smallest absolute Gasteiger partial charge is 0.120 e. The Hall–Kier alpha value is -2.85. The molecule has 3 aromatic rings. The molecule has 0 fully saturated rings. The fraction of sp³-hybridized carbons (Fsp3) is 0.136. The molecular weight excluding hydrogens is 342 g/mol. The number of ether oxygens (including phenoxy) is 1. The Balaban J connectivity index is 1.55. The zero-order valence-corrected chi connectivity index (χ0v) is 15.5. The van der Waals surface area contributed by atoms with Crippen molar-refractivity contribution in [3.05, 3.63) is 81.6 Å². The molecule has 1 aromatic heterocycles. The van der Waals surface area contributed by atoms with Crippen LogP contribution in [0.5, 0.6) is 5.75 Å². The van der Waals surface area contributed by atoms with Crippen molar-refractivity contribution in [1.29, 1.82) is 0 Å². The molecule has 0 radical (unpaired) electrons. The molecule has 0 bridgehead atoms. The molecule has 3 nitrogen and oxygen atoms in total. The minimum absolute atomic E-state index is 0.526. The highest BCUT2D eigenvalue weighted by Crippen LogP contribution is 2.38. The number of hydrogen-bond donors (Lipinski definition) is 0. The van der Waals surface area contributed by atoms with Gasteiger partial charge in [-0.05, 0) is 59.3 Å². The lowest BCUT2D eigenvalue weighted by atomic mass is 10.1. The maximum Gasteiger partial charge on any atom is 0.120 e. The predicted octanol–water partition coefficient (Wildman–Crippen LogP) is 5.53. The number of rotatable bonds is 5. The van der Waals surface area contributed by atoms with Crippen molar-refractivity contribution < 1.29 is 9.57 Å². The Bertz CT molecular complexity index is 1000. The van der Waals surface area contributed by atoms with E-state index >= 15 is 0 Å². The summed E-state index contributed by atoms with van der Waals surface area (Å²) in [5.41, 5.74) is 6.58. The molecule has 1 heterocycles. The summed E-state index contributed by atoms with van der Waals surface area (Å²) in [6.45, 7) is 2.65. The lowest BCUT2D eigenvalue weighted by molar-refractivity contribution is 0.214. The standard InChI is InChI=1S/C22H19NO2S/c1-15-16(11-13-26-15)6-5-12-25-17-9-10-19-18-7-3-4-8-20(18)22(23-24-2)21(19)14-17/h3-11,13-14H,12H2,1-2H3/b6-5+,23-22+. The number of hydrogen-bond acceptors (Lipinski definition) is 4. The monoisotopic (exact) mass is 361 g/mol. The van der Waals surface area contributed by atoms with E-state index in [1.165, 1.54) is 16.0 Å². The van der Waals surface area contributed by atoms with E-state index in [1.54, 1.807) is 18.4 Å².